The van der Waals surface area contributed by atoms with Gasteiger partial charge in [-0.3, -0.25) is 6.08 Å². The summed E-state index contributed by atoms with van der Waals surface area (Å²) in [4.78, 5) is 0. The molecule has 123 valence electrons. The standard InChI is InChI=1S/C10H15.2C4H11Si.Cr/c1-7-6-10(4,5)9(3)8(7)2;2*1-5(2,3)4;/h1-5H3;2*1H2,2-4H3;/q3*-1;+3. The first-order valence-corrected chi connectivity index (χ1v) is 14.9. The van der Waals surface area contributed by atoms with E-state index in [2.05, 4.69) is 93.1 Å². The van der Waals surface area contributed by atoms with Gasteiger partial charge in [0.2, 0.25) is 0 Å². The first-order chi connectivity index (χ1) is 8.45. The van der Waals surface area contributed by atoms with Crippen molar-refractivity contribution in [3.8, 4) is 0 Å². The molecule has 21 heavy (non-hydrogen) atoms. The zero-order valence-corrected chi connectivity index (χ0v) is 19.6. The number of allylic oxidation sites excluding steroid dienone is 4. The van der Waals surface area contributed by atoms with Crippen LogP contribution in [0.1, 0.15) is 34.6 Å². The minimum atomic E-state index is -0.861. The van der Waals surface area contributed by atoms with E-state index in [1.807, 2.05) is 0 Å². The Morgan fingerprint density at radius 1 is 0.810 bits per heavy atom. The van der Waals surface area contributed by atoms with Crippen LogP contribution in [0.15, 0.2) is 16.7 Å². The zero-order chi connectivity index (χ0) is 16.9. The molecule has 1 rings (SSSR count). The Morgan fingerprint density at radius 2 is 1.05 bits per heavy atom. The maximum Gasteiger partial charge on any atom is 3.00 e. The van der Waals surface area contributed by atoms with Crippen LogP contribution in [0.25, 0.3) is 0 Å². The minimum absolute atomic E-state index is 0. The van der Waals surface area contributed by atoms with Gasteiger partial charge in [-0.1, -0.05) is 72.4 Å². The van der Waals surface area contributed by atoms with Crippen LogP contribution < -0.4 is 0 Å². The molecule has 3 heteroatoms. The van der Waals surface area contributed by atoms with Crippen LogP contribution >= 0.6 is 0 Å². The van der Waals surface area contributed by atoms with Crippen molar-refractivity contribution in [1.82, 2.24) is 0 Å². The Bertz CT molecular complexity index is 340. The fourth-order valence-corrected chi connectivity index (χ4v) is 1.41. The predicted octanol–water partition coefficient (Wildman–Crippen LogP) is 6.51. The molecule has 0 N–H and O–H groups in total. The van der Waals surface area contributed by atoms with Crippen LogP contribution in [-0.2, 0) is 17.4 Å². The molecule has 0 aromatic heterocycles. The molecule has 0 saturated heterocycles. The van der Waals surface area contributed by atoms with Crippen molar-refractivity contribution in [2.45, 2.75) is 73.9 Å². The largest absolute Gasteiger partial charge is 3.00 e. The molecule has 0 aromatic rings. The molecule has 1 aliphatic rings. The topological polar surface area (TPSA) is 0 Å². The van der Waals surface area contributed by atoms with Crippen LogP contribution in [-0.4, -0.2) is 16.1 Å². The second kappa shape index (κ2) is 9.56. The molecule has 0 heterocycles. The van der Waals surface area contributed by atoms with Crippen LogP contribution in [0.2, 0.25) is 39.3 Å². The maximum absolute atomic E-state index is 3.91. The van der Waals surface area contributed by atoms with Crippen molar-refractivity contribution in [3.63, 3.8) is 0 Å². The SMILES string of the molecule is CC1=[C-]C(C)(C)C(C)=C1C.[CH2-][Si](C)(C)C.[CH2-][Si](C)(C)C.[Cr+3]. The summed E-state index contributed by atoms with van der Waals surface area (Å²) in [5, 5.41) is 0. The number of hydrogen-bond donors (Lipinski definition) is 0. The Balaban J connectivity index is -0.000000254. The van der Waals surface area contributed by atoms with Gasteiger partial charge in [0.25, 0.3) is 0 Å². The van der Waals surface area contributed by atoms with Crippen molar-refractivity contribution in [3.05, 3.63) is 35.9 Å². The Hall–Kier alpha value is 0.446. The summed E-state index contributed by atoms with van der Waals surface area (Å²) in [7, 11) is -1.72. The fraction of sp³-hybridized carbons (Fsp3) is 0.667. The van der Waals surface area contributed by atoms with E-state index in [0.717, 1.165) is 0 Å². The predicted molar refractivity (Wildman–Crippen MR) is 102 cm³/mol. The maximum atomic E-state index is 3.91. The summed E-state index contributed by atoms with van der Waals surface area (Å²) in [6, 6.07) is 0. The molecule has 0 fully saturated rings. The van der Waals surface area contributed by atoms with Crippen LogP contribution in [0.4, 0.5) is 0 Å². The van der Waals surface area contributed by atoms with Gasteiger partial charge in [-0.25, -0.2) is 5.57 Å². The molecular weight excluding hydrogens is 324 g/mol. The first-order valence-electron chi connectivity index (χ1n) is 7.46. The van der Waals surface area contributed by atoms with Crippen molar-refractivity contribution in [2.75, 3.05) is 0 Å². The van der Waals surface area contributed by atoms with E-state index in [-0.39, 0.29) is 22.8 Å². The van der Waals surface area contributed by atoms with E-state index in [9.17, 15) is 0 Å². The van der Waals surface area contributed by atoms with E-state index in [1.165, 1.54) is 16.7 Å². The summed E-state index contributed by atoms with van der Waals surface area (Å²) in [5.74, 6) is 0. The summed E-state index contributed by atoms with van der Waals surface area (Å²) in [6.45, 7) is 32.0. The van der Waals surface area contributed by atoms with Crippen LogP contribution in [0.5, 0.6) is 0 Å². The molecule has 0 saturated carbocycles. The molecule has 0 nitrogen and oxygen atoms in total. The van der Waals surface area contributed by atoms with Gasteiger partial charge in [0.05, 0.1) is 0 Å². The average Bonchev–Trinajstić information content (AvgIpc) is 2.23. The first kappa shape index (κ1) is 26.3. The minimum Gasteiger partial charge on any atom is -0.342 e. The monoisotopic (exact) mass is 361 g/mol. The van der Waals surface area contributed by atoms with Crippen molar-refractivity contribution in [1.29, 1.82) is 0 Å². The van der Waals surface area contributed by atoms with Gasteiger partial charge < -0.3 is 13.1 Å². The Morgan fingerprint density at radius 3 is 1.10 bits per heavy atom. The third kappa shape index (κ3) is 18.4. The van der Waals surface area contributed by atoms with Gasteiger partial charge in [-0.2, -0.15) is 11.1 Å². The van der Waals surface area contributed by atoms with E-state index >= 15 is 0 Å². The second-order valence-corrected chi connectivity index (χ2v) is 19.0. The molecule has 0 atom stereocenters. The molecule has 0 aliphatic heterocycles. The van der Waals surface area contributed by atoms with E-state index in [1.54, 1.807) is 0 Å². The Kier molecular flexibility index (Phi) is 12.0. The number of rotatable bonds is 0. The van der Waals surface area contributed by atoms with Gasteiger partial charge in [-0.05, 0) is 0 Å². The van der Waals surface area contributed by atoms with E-state index < -0.39 is 16.1 Å². The Labute approximate surface area is 148 Å². The van der Waals surface area contributed by atoms with Gasteiger partial charge >= 0.3 is 17.4 Å². The van der Waals surface area contributed by atoms with Crippen LogP contribution in [0.3, 0.4) is 0 Å². The molecular formula is C18H37CrSi2. The van der Waals surface area contributed by atoms with Gasteiger partial charge in [-0.15, -0.1) is 23.1 Å². The molecule has 0 amide bonds. The normalized spacial score (nSPS) is 16.9. The van der Waals surface area contributed by atoms with Crippen molar-refractivity contribution >= 4 is 16.1 Å². The smallest absolute Gasteiger partial charge is 0.342 e. The van der Waals surface area contributed by atoms with Crippen molar-refractivity contribution < 1.29 is 17.4 Å². The number of hydrogen-bond acceptors (Lipinski definition) is 0. The fourth-order valence-electron chi connectivity index (χ4n) is 1.41. The summed E-state index contributed by atoms with van der Waals surface area (Å²) >= 11 is 0. The second-order valence-electron chi connectivity index (χ2n) is 8.75. The molecule has 1 aliphatic carbocycles. The zero-order valence-electron chi connectivity index (χ0n) is 16.3. The van der Waals surface area contributed by atoms with Crippen LogP contribution in [0, 0.1) is 24.6 Å². The summed E-state index contributed by atoms with van der Waals surface area (Å²) in [6.07, 6.45) is 3.44. The third-order valence-electron chi connectivity index (χ3n) is 2.56. The molecule has 1 radical (unpaired) electrons. The molecule has 0 unspecified atom stereocenters. The van der Waals surface area contributed by atoms with E-state index in [0.29, 0.717) is 0 Å². The van der Waals surface area contributed by atoms with E-state index in [4.69, 9.17) is 0 Å². The van der Waals surface area contributed by atoms with Crippen molar-refractivity contribution in [2.24, 2.45) is 5.41 Å². The van der Waals surface area contributed by atoms with Gasteiger partial charge in [0, 0.05) is 0 Å². The summed E-state index contributed by atoms with van der Waals surface area (Å²) < 4.78 is 0. The summed E-state index contributed by atoms with van der Waals surface area (Å²) in [5.41, 5.74) is 4.39. The van der Waals surface area contributed by atoms with Gasteiger partial charge in [0.1, 0.15) is 0 Å². The van der Waals surface area contributed by atoms with Gasteiger partial charge in [0.15, 0.2) is 0 Å². The third-order valence-corrected chi connectivity index (χ3v) is 2.56. The molecule has 0 bridgehead atoms. The molecule has 0 aromatic carbocycles. The quantitative estimate of drug-likeness (QED) is 0.341. The average molecular weight is 362 g/mol. The molecule has 0 spiro atoms.